The molecule has 5 heteroatoms. The average Bonchev–Trinajstić information content (AvgIpc) is 1.86. The molecule has 0 amide bonds. The van der Waals surface area contributed by atoms with Gasteiger partial charge in [-0.2, -0.15) is 5.26 Å². The Labute approximate surface area is 86.2 Å². The Morgan fingerprint density at radius 1 is 1.45 bits per heavy atom. The van der Waals surface area contributed by atoms with Gasteiger partial charge in [0.25, 0.3) is 0 Å². The van der Waals surface area contributed by atoms with Gasteiger partial charge in [0.2, 0.25) is 0 Å². The van der Waals surface area contributed by atoms with Gasteiger partial charge >= 0.3 is 0 Å². The lowest BCUT2D eigenvalue weighted by atomic mass is 10.2. The van der Waals surface area contributed by atoms with Crippen molar-refractivity contribution < 1.29 is 0 Å². The molecule has 0 rings (SSSR count). The van der Waals surface area contributed by atoms with E-state index in [4.69, 9.17) is 51.7 Å². The molecule has 0 aromatic rings. The van der Waals surface area contributed by atoms with Crippen LogP contribution in [0.3, 0.4) is 0 Å². The van der Waals surface area contributed by atoms with Gasteiger partial charge in [-0.3, -0.25) is 0 Å². The summed E-state index contributed by atoms with van der Waals surface area (Å²) < 4.78 is -0.968. The lowest BCUT2D eigenvalue weighted by Gasteiger charge is -2.17. The summed E-state index contributed by atoms with van der Waals surface area (Å²) >= 11 is 22.4. The molecule has 1 unspecified atom stereocenters. The van der Waals surface area contributed by atoms with Crippen LogP contribution in [0.5, 0.6) is 0 Å². The van der Waals surface area contributed by atoms with Gasteiger partial charge in [0, 0.05) is 12.3 Å². The van der Waals surface area contributed by atoms with Crippen LogP contribution in [-0.2, 0) is 0 Å². The minimum absolute atomic E-state index is 0.237. The van der Waals surface area contributed by atoms with E-state index in [2.05, 4.69) is 0 Å². The number of nitriles is 1. The van der Waals surface area contributed by atoms with Crippen LogP contribution in [0.4, 0.5) is 0 Å². The number of alkyl halides is 4. The largest absolute Gasteiger partial charge is 0.197 e. The van der Waals surface area contributed by atoms with E-state index in [-0.39, 0.29) is 6.42 Å². The van der Waals surface area contributed by atoms with Crippen LogP contribution in [0.1, 0.15) is 12.8 Å². The summed E-state index contributed by atoms with van der Waals surface area (Å²) in [4.78, 5) is 0. The lowest BCUT2D eigenvalue weighted by molar-refractivity contribution is 0.691. The van der Waals surface area contributed by atoms with Crippen LogP contribution in [0.25, 0.3) is 0 Å². The van der Waals surface area contributed by atoms with Gasteiger partial charge in [0.15, 0.2) is 0 Å². The fourth-order valence-corrected chi connectivity index (χ4v) is 1.98. The molecule has 1 atom stereocenters. The van der Waals surface area contributed by atoms with Gasteiger partial charge in [-0.1, -0.05) is 0 Å². The molecule has 0 aliphatic heterocycles. The molecule has 64 valence electrons. The summed E-state index contributed by atoms with van der Waals surface area (Å²) in [5.74, 6) is 0.363. The summed E-state index contributed by atoms with van der Waals surface area (Å²) in [6.07, 6.45) is 0.670. The van der Waals surface area contributed by atoms with Crippen molar-refractivity contribution in [3.05, 3.63) is 0 Å². The first-order chi connectivity index (χ1) is 5.02. The summed E-state index contributed by atoms with van der Waals surface area (Å²) in [6, 6.07) is 1.83. The van der Waals surface area contributed by atoms with E-state index in [0.717, 1.165) is 0 Å². The molecule has 0 N–H and O–H groups in total. The minimum Gasteiger partial charge on any atom is -0.197 e. The van der Waals surface area contributed by atoms with Crippen LogP contribution < -0.4 is 0 Å². The molecule has 0 bridgehead atoms. The van der Waals surface area contributed by atoms with Gasteiger partial charge in [0.05, 0.1) is 6.07 Å². The molecule has 0 saturated carbocycles. The lowest BCUT2D eigenvalue weighted by Crippen LogP contribution is -2.18. The molecule has 0 aliphatic rings. The molecule has 0 aliphatic carbocycles. The van der Waals surface area contributed by atoms with Crippen molar-refractivity contribution in [3.63, 3.8) is 0 Å². The van der Waals surface area contributed by atoms with E-state index in [9.17, 15) is 0 Å². The van der Waals surface area contributed by atoms with Crippen molar-refractivity contribution in [2.24, 2.45) is 0 Å². The first kappa shape index (κ1) is 11.6. The van der Waals surface area contributed by atoms with Gasteiger partial charge in [0.1, 0.15) is 9.71 Å². The third-order valence-electron chi connectivity index (χ3n) is 1.08. The van der Waals surface area contributed by atoms with E-state index in [0.29, 0.717) is 12.3 Å². The van der Waals surface area contributed by atoms with Crippen molar-refractivity contribution in [3.8, 4) is 6.07 Å². The maximum atomic E-state index is 8.33. The molecule has 0 radical (unpaired) electrons. The van der Waals surface area contributed by atoms with Gasteiger partial charge in [-0.05, 0) is 6.42 Å². The zero-order valence-electron chi connectivity index (χ0n) is 5.66. The molecule has 0 aromatic carbocycles. The van der Waals surface area contributed by atoms with Gasteiger partial charge < -0.3 is 0 Å². The molecule has 11 heavy (non-hydrogen) atoms. The number of nitrogens with zero attached hydrogens (tertiary/aromatic N) is 1. The monoisotopic (exact) mass is 233 g/mol. The summed E-state index contributed by atoms with van der Waals surface area (Å²) in [5, 5.41) is 7.69. The van der Waals surface area contributed by atoms with Gasteiger partial charge in [-0.25, -0.2) is 0 Å². The highest BCUT2D eigenvalue weighted by Gasteiger charge is 2.26. The molecule has 0 aromatic heterocycles. The van der Waals surface area contributed by atoms with Crippen molar-refractivity contribution in [2.45, 2.75) is 22.6 Å². The minimum atomic E-state index is -0.968. The highest BCUT2D eigenvalue weighted by Crippen LogP contribution is 2.32. The zero-order valence-corrected chi connectivity index (χ0v) is 8.68. The first-order valence-electron chi connectivity index (χ1n) is 2.99. The van der Waals surface area contributed by atoms with Crippen LogP contribution in [0.2, 0.25) is 0 Å². The highest BCUT2D eigenvalue weighted by molar-refractivity contribution is 6.49. The molecule has 0 heterocycles. The standard InChI is InChI=1S/C6H7Cl4N/c7-2-1-6(9,10)3-5(8)4-11/h5H,1-3H2. The maximum Gasteiger partial charge on any atom is 0.123 e. The molecular formula is C6H7Cl4N. The SMILES string of the molecule is N#CC(Cl)CC(Cl)(Cl)CCCl. The second-order valence-electron chi connectivity index (χ2n) is 2.10. The Kier molecular flexibility index (Phi) is 5.64. The smallest absolute Gasteiger partial charge is 0.123 e. The molecule has 0 spiro atoms. The fourth-order valence-electron chi connectivity index (χ4n) is 0.548. The Balaban J connectivity index is 3.82. The topological polar surface area (TPSA) is 23.8 Å². The second kappa shape index (κ2) is 5.32. The third kappa shape index (κ3) is 5.87. The summed E-state index contributed by atoms with van der Waals surface area (Å²) in [5.41, 5.74) is 0. The van der Waals surface area contributed by atoms with E-state index in [1.807, 2.05) is 6.07 Å². The highest BCUT2D eigenvalue weighted by atomic mass is 35.5. The van der Waals surface area contributed by atoms with Crippen molar-refractivity contribution in [2.75, 3.05) is 5.88 Å². The van der Waals surface area contributed by atoms with Crippen LogP contribution in [0.15, 0.2) is 0 Å². The van der Waals surface area contributed by atoms with Gasteiger partial charge in [-0.15, -0.1) is 46.4 Å². The summed E-state index contributed by atoms with van der Waals surface area (Å²) in [7, 11) is 0. The van der Waals surface area contributed by atoms with E-state index in [1.165, 1.54) is 0 Å². The van der Waals surface area contributed by atoms with Crippen LogP contribution in [-0.4, -0.2) is 15.6 Å². The Bertz CT molecular complexity index is 151. The Hall–Kier alpha value is 0.650. The second-order valence-corrected chi connectivity index (χ2v) is 4.64. The number of halogens is 4. The average molecular weight is 235 g/mol. The van der Waals surface area contributed by atoms with Crippen molar-refractivity contribution in [1.29, 1.82) is 5.26 Å². The Morgan fingerprint density at radius 3 is 2.36 bits per heavy atom. The number of rotatable bonds is 4. The zero-order chi connectivity index (χ0) is 8.91. The maximum absolute atomic E-state index is 8.33. The van der Waals surface area contributed by atoms with E-state index >= 15 is 0 Å². The number of hydrogen-bond acceptors (Lipinski definition) is 1. The molecule has 1 nitrogen and oxygen atoms in total. The number of hydrogen-bond donors (Lipinski definition) is 0. The molecular weight excluding hydrogens is 228 g/mol. The molecule has 0 saturated heterocycles. The van der Waals surface area contributed by atoms with E-state index in [1.54, 1.807) is 0 Å². The predicted octanol–water partition coefficient (Wildman–Crippen LogP) is 3.31. The fraction of sp³-hybridized carbons (Fsp3) is 0.833. The third-order valence-corrected chi connectivity index (χ3v) is 2.21. The quantitative estimate of drug-likeness (QED) is 0.685. The van der Waals surface area contributed by atoms with Crippen LogP contribution in [0, 0.1) is 11.3 Å². The Morgan fingerprint density at radius 2 is 2.00 bits per heavy atom. The van der Waals surface area contributed by atoms with Crippen molar-refractivity contribution >= 4 is 46.4 Å². The van der Waals surface area contributed by atoms with E-state index < -0.39 is 9.71 Å². The molecule has 0 fully saturated rings. The summed E-state index contributed by atoms with van der Waals surface area (Å²) in [6.45, 7) is 0. The predicted molar refractivity (Wildman–Crippen MR) is 49.6 cm³/mol. The normalized spacial score (nSPS) is 14.1. The first-order valence-corrected chi connectivity index (χ1v) is 4.72. The van der Waals surface area contributed by atoms with Crippen LogP contribution >= 0.6 is 46.4 Å². The van der Waals surface area contributed by atoms with Crippen molar-refractivity contribution in [1.82, 2.24) is 0 Å².